The Bertz CT molecular complexity index is 397. The number of ketones is 1. The van der Waals surface area contributed by atoms with Crippen LogP contribution in [0.4, 0.5) is 0 Å². The molecule has 1 aliphatic rings. The van der Waals surface area contributed by atoms with Crippen molar-refractivity contribution in [2.75, 3.05) is 6.61 Å². The van der Waals surface area contributed by atoms with Crippen LogP contribution in [0.25, 0.3) is 0 Å². The molecule has 5 heteroatoms. The van der Waals surface area contributed by atoms with Crippen LogP contribution in [0.2, 0.25) is 0 Å². The maximum atomic E-state index is 12.0. The lowest BCUT2D eigenvalue weighted by molar-refractivity contribution is 0.0922. The van der Waals surface area contributed by atoms with Crippen LogP contribution < -0.4 is 0 Å². The molecule has 2 nitrogen and oxygen atoms in total. The van der Waals surface area contributed by atoms with Crippen molar-refractivity contribution in [2.24, 2.45) is 0 Å². The first-order chi connectivity index (χ1) is 8.16. The third-order valence-corrected chi connectivity index (χ3v) is 5.25. The molecule has 0 N–H and O–H groups in total. The predicted molar refractivity (Wildman–Crippen MR) is 76.9 cm³/mol. The van der Waals surface area contributed by atoms with Gasteiger partial charge in [-0.2, -0.15) is 0 Å². The molecule has 0 bridgehead atoms. The second kappa shape index (κ2) is 6.45. The second-order valence-corrected chi connectivity index (χ2v) is 7.94. The van der Waals surface area contributed by atoms with Crippen molar-refractivity contribution < 1.29 is 9.53 Å². The van der Waals surface area contributed by atoms with Gasteiger partial charge in [-0.15, -0.1) is 11.3 Å². The summed E-state index contributed by atoms with van der Waals surface area (Å²) in [6.45, 7) is 0.891. The van der Waals surface area contributed by atoms with E-state index in [1.54, 1.807) is 11.3 Å². The standard InChI is InChI=1S/C12H14Br2O2S/c13-11-7-9(12(14)17-11)10(15)5-1-3-8-4-2-6-16-8/h7-8H,1-6H2. The van der Waals surface area contributed by atoms with Crippen LogP contribution >= 0.6 is 43.2 Å². The smallest absolute Gasteiger partial charge is 0.164 e. The van der Waals surface area contributed by atoms with E-state index in [4.69, 9.17) is 4.74 Å². The largest absolute Gasteiger partial charge is 0.378 e. The van der Waals surface area contributed by atoms with Crippen molar-refractivity contribution in [3.05, 3.63) is 19.2 Å². The normalized spacial score (nSPS) is 19.8. The topological polar surface area (TPSA) is 26.3 Å². The fraction of sp³-hybridized carbons (Fsp3) is 0.583. The van der Waals surface area contributed by atoms with Crippen molar-refractivity contribution in [3.8, 4) is 0 Å². The van der Waals surface area contributed by atoms with E-state index in [0.29, 0.717) is 12.5 Å². The van der Waals surface area contributed by atoms with E-state index in [0.717, 1.165) is 39.0 Å². The molecule has 1 aromatic heterocycles. The van der Waals surface area contributed by atoms with E-state index < -0.39 is 0 Å². The molecule has 1 unspecified atom stereocenters. The van der Waals surface area contributed by atoms with E-state index in [1.807, 2.05) is 6.07 Å². The molecular formula is C12H14Br2O2S. The van der Waals surface area contributed by atoms with Gasteiger partial charge in [-0.25, -0.2) is 0 Å². The number of halogens is 2. The summed E-state index contributed by atoms with van der Waals surface area (Å²) in [7, 11) is 0. The van der Waals surface area contributed by atoms with Gasteiger partial charge in [0.25, 0.3) is 0 Å². The predicted octanol–water partition coefficient (Wildman–Crippen LogP) is 4.81. The highest BCUT2D eigenvalue weighted by Crippen LogP contribution is 2.33. The van der Waals surface area contributed by atoms with E-state index in [9.17, 15) is 4.79 Å². The number of ether oxygens (including phenoxy) is 1. The van der Waals surface area contributed by atoms with Crippen molar-refractivity contribution in [1.82, 2.24) is 0 Å². The molecule has 0 amide bonds. The third-order valence-electron chi connectivity index (χ3n) is 2.91. The van der Waals surface area contributed by atoms with Gasteiger partial charge in [0.1, 0.15) is 0 Å². The van der Waals surface area contributed by atoms with Gasteiger partial charge in [0.15, 0.2) is 5.78 Å². The third kappa shape index (κ3) is 3.88. The van der Waals surface area contributed by atoms with Crippen molar-refractivity contribution in [1.29, 1.82) is 0 Å². The molecular weight excluding hydrogens is 368 g/mol. The number of hydrogen-bond donors (Lipinski definition) is 0. The minimum Gasteiger partial charge on any atom is -0.378 e. The number of hydrogen-bond acceptors (Lipinski definition) is 3. The fourth-order valence-corrected chi connectivity index (χ4v) is 4.88. The molecule has 0 spiro atoms. The van der Waals surface area contributed by atoms with Crippen molar-refractivity contribution in [3.63, 3.8) is 0 Å². The summed E-state index contributed by atoms with van der Waals surface area (Å²) >= 11 is 8.35. The summed E-state index contributed by atoms with van der Waals surface area (Å²) in [5.41, 5.74) is 0.800. The summed E-state index contributed by atoms with van der Waals surface area (Å²) in [5, 5.41) is 0. The Kier molecular flexibility index (Phi) is 5.21. The monoisotopic (exact) mass is 380 g/mol. The Morgan fingerprint density at radius 1 is 1.53 bits per heavy atom. The SMILES string of the molecule is O=C(CCCC1CCCO1)c1cc(Br)sc1Br. The first kappa shape index (κ1) is 13.7. The van der Waals surface area contributed by atoms with Crippen LogP contribution in [-0.4, -0.2) is 18.5 Å². The summed E-state index contributed by atoms with van der Waals surface area (Å²) in [5.74, 6) is 0.219. The Labute approximate surface area is 122 Å². The highest BCUT2D eigenvalue weighted by atomic mass is 79.9. The van der Waals surface area contributed by atoms with E-state index in [-0.39, 0.29) is 5.78 Å². The van der Waals surface area contributed by atoms with Gasteiger partial charge in [0.2, 0.25) is 0 Å². The lowest BCUT2D eigenvalue weighted by Gasteiger charge is -2.07. The van der Waals surface area contributed by atoms with Crippen molar-refractivity contribution in [2.45, 2.75) is 38.2 Å². The minimum absolute atomic E-state index is 0.219. The average molecular weight is 382 g/mol. The van der Waals surface area contributed by atoms with Gasteiger partial charge in [-0.3, -0.25) is 4.79 Å². The van der Waals surface area contributed by atoms with Crippen LogP contribution in [0.1, 0.15) is 42.5 Å². The van der Waals surface area contributed by atoms with E-state index in [2.05, 4.69) is 31.9 Å². The quantitative estimate of drug-likeness (QED) is 0.684. The average Bonchev–Trinajstić information content (AvgIpc) is 2.88. The molecule has 2 heterocycles. The van der Waals surface area contributed by atoms with Crippen molar-refractivity contribution >= 4 is 49.0 Å². The van der Waals surface area contributed by atoms with Crippen LogP contribution in [0, 0.1) is 0 Å². The Morgan fingerprint density at radius 2 is 2.35 bits per heavy atom. The Balaban J connectivity index is 1.78. The van der Waals surface area contributed by atoms with E-state index >= 15 is 0 Å². The van der Waals surface area contributed by atoms with Gasteiger partial charge in [0.05, 0.1) is 13.7 Å². The summed E-state index contributed by atoms with van der Waals surface area (Å²) in [6.07, 6.45) is 5.25. The van der Waals surface area contributed by atoms with Gasteiger partial charge < -0.3 is 4.74 Å². The molecule has 0 saturated carbocycles. The molecule has 1 aliphatic heterocycles. The van der Waals surface area contributed by atoms with Gasteiger partial charge in [0, 0.05) is 18.6 Å². The molecule has 1 saturated heterocycles. The molecule has 0 aromatic carbocycles. The molecule has 17 heavy (non-hydrogen) atoms. The maximum absolute atomic E-state index is 12.0. The zero-order valence-corrected chi connectivity index (χ0v) is 13.4. The van der Waals surface area contributed by atoms with Crippen LogP contribution in [0.3, 0.4) is 0 Å². The van der Waals surface area contributed by atoms with Crippen LogP contribution in [0.15, 0.2) is 13.6 Å². The zero-order valence-electron chi connectivity index (χ0n) is 9.38. The zero-order chi connectivity index (χ0) is 12.3. The molecule has 2 rings (SSSR count). The number of carbonyl (C=O) groups is 1. The molecule has 1 fully saturated rings. The number of rotatable bonds is 5. The Hall–Kier alpha value is 0.290. The summed E-state index contributed by atoms with van der Waals surface area (Å²) in [6, 6.07) is 1.89. The molecule has 0 aliphatic carbocycles. The summed E-state index contributed by atoms with van der Waals surface area (Å²) < 4.78 is 7.46. The summed E-state index contributed by atoms with van der Waals surface area (Å²) in [4.78, 5) is 12.0. The number of carbonyl (C=O) groups excluding carboxylic acids is 1. The number of thiophene rings is 1. The van der Waals surface area contributed by atoms with Gasteiger partial charge in [-0.05, 0) is 63.6 Å². The second-order valence-electron chi connectivity index (χ2n) is 4.19. The van der Waals surface area contributed by atoms with Gasteiger partial charge in [-0.1, -0.05) is 0 Å². The minimum atomic E-state index is 0.219. The molecule has 94 valence electrons. The highest BCUT2D eigenvalue weighted by molar-refractivity contribution is 9.12. The fourth-order valence-electron chi connectivity index (χ4n) is 2.03. The first-order valence-corrected chi connectivity index (χ1v) is 8.16. The molecule has 1 atom stereocenters. The van der Waals surface area contributed by atoms with Crippen LogP contribution in [0.5, 0.6) is 0 Å². The van der Waals surface area contributed by atoms with E-state index in [1.165, 1.54) is 6.42 Å². The lowest BCUT2D eigenvalue weighted by Crippen LogP contribution is -2.06. The Morgan fingerprint density at radius 3 is 2.94 bits per heavy atom. The van der Waals surface area contributed by atoms with Crippen LogP contribution in [-0.2, 0) is 4.74 Å². The maximum Gasteiger partial charge on any atom is 0.164 e. The lowest BCUT2D eigenvalue weighted by atomic mass is 10.1. The highest BCUT2D eigenvalue weighted by Gasteiger charge is 2.17. The molecule has 0 radical (unpaired) electrons. The molecule has 1 aromatic rings. The van der Waals surface area contributed by atoms with Gasteiger partial charge >= 0.3 is 0 Å². The first-order valence-electron chi connectivity index (χ1n) is 5.76. The number of Topliss-reactive ketones (excluding diaryl/α,β-unsaturated/α-hetero) is 1.